The smallest absolute Gasteiger partial charge is 0.422 e. The van der Waals surface area contributed by atoms with Crippen LogP contribution in [0.15, 0.2) is 29.8 Å². The van der Waals surface area contributed by atoms with Gasteiger partial charge in [-0.25, -0.2) is 18.2 Å². The molecule has 1 aromatic heterocycles. The van der Waals surface area contributed by atoms with Gasteiger partial charge in [0.2, 0.25) is 0 Å². The molecular formula is C20H22F6N4O. The third-order valence-corrected chi connectivity index (χ3v) is 6.26. The molecule has 2 heterocycles. The standard InChI is InChI=1S/C20H22F6N4O/c21-14-5-16(23)15(22)4-13(14)12-2-1-11(3-17(12)27)30-7-10-6-28-19(29-18(10)8-30)31-9-20(24,25)26/h5-6,11-13,17H,1-4,7-9,27H2/t11?,12-,13?,17?/m1/s1. The number of aromatic nitrogens is 2. The monoisotopic (exact) mass is 448 g/mol. The van der Waals surface area contributed by atoms with Gasteiger partial charge in [0, 0.05) is 55.3 Å². The molecule has 1 fully saturated rings. The van der Waals surface area contributed by atoms with Crippen LogP contribution in [0.3, 0.4) is 0 Å². The molecular weight excluding hydrogens is 426 g/mol. The van der Waals surface area contributed by atoms with Crippen LogP contribution in [0, 0.1) is 11.8 Å². The van der Waals surface area contributed by atoms with Crippen molar-refractivity contribution in [2.45, 2.75) is 57.0 Å². The highest BCUT2D eigenvalue weighted by molar-refractivity contribution is 5.26. The van der Waals surface area contributed by atoms with Crippen LogP contribution in [0.1, 0.15) is 36.9 Å². The van der Waals surface area contributed by atoms with E-state index in [-0.39, 0.29) is 24.4 Å². The van der Waals surface area contributed by atoms with Crippen molar-refractivity contribution in [3.05, 3.63) is 41.0 Å². The van der Waals surface area contributed by atoms with Crippen molar-refractivity contribution < 1.29 is 31.1 Å². The van der Waals surface area contributed by atoms with E-state index in [1.807, 2.05) is 0 Å². The van der Waals surface area contributed by atoms with E-state index in [9.17, 15) is 26.3 Å². The molecule has 3 aliphatic rings. The largest absolute Gasteiger partial charge is 0.454 e. The zero-order valence-corrected chi connectivity index (χ0v) is 16.5. The minimum atomic E-state index is -4.47. The SMILES string of the molecule is NC1CC(N2Cc3cnc(OCC(F)(F)F)nc3C2)CC[C@@H]1C1CC(F)=C(F)C=C1F. The van der Waals surface area contributed by atoms with Gasteiger partial charge in [0.05, 0.1) is 5.69 Å². The van der Waals surface area contributed by atoms with Gasteiger partial charge >= 0.3 is 12.2 Å². The summed E-state index contributed by atoms with van der Waals surface area (Å²) in [6.07, 6.45) is -0.924. The molecule has 4 rings (SSSR count). The second-order valence-corrected chi connectivity index (χ2v) is 8.32. The predicted molar refractivity (Wildman–Crippen MR) is 98.5 cm³/mol. The molecule has 1 aromatic rings. The summed E-state index contributed by atoms with van der Waals surface area (Å²) in [6.45, 7) is -0.514. The van der Waals surface area contributed by atoms with Crippen LogP contribution in [0.4, 0.5) is 26.3 Å². The van der Waals surface area contributed by atoms with Crippen molar-refractivity contribution in [2.24, 2.45) is 17.6 Å². The fourth-order valence-corrected chi connectivity index (χ4v) is 4.72. The number of nitrogens with zero attached hydrogens (tertiary/aromatic N) is 3. The summed E-state index contributed by atoms with van der Waals surface area (Å²) < 4.78 is 82.7. The summed E-state index contributed by atoms with van der Waals surface area (Å²) in [7, 11) is 0. The average molecular weight is 448 g/mol. The van der Waals surface area contributed by atoms with Gasteiger partial charge in [-0.1, -0.05) is 0 Å². The van der Waals surface area contributed by atoms with Crippen molar-refractivity contribution >= 4 is 0 Å². The van der Waals surface area contributed by atoms with Crippen LogP contribution < -0.4 is 10.5 Å². The van der Waals surface area contributed by atoms with Crippen molar-refractivity contribution in [1.82, 2.24) is 14.9 Å². The van der Waals surface area contributed by atoms with Gasteiger partial charge in [0.25, 0.3) is 0 Å². The fourth-order valence-electron chi connectivity index (χ4n) is 4.72. The van der Waals surface area contributed by atoms with E-state index in [1.54, 1.807) is 0 Å². The Kier molecular flexibility index (Phi) is 5.99. The highest BCUT2D eigenvalue weighted by Crippen LogP contribution is 2.43. The molecule has 0 saturated heterocycles. The third kappa shape index (κ3) is 4.87. The highest BCUT2D eigenvalue weighted by Gasteiger charge is 2.40. The lowest BCUT2D eigenvalue weighted by molar-refractivity contribution is -0.154. The molecule has 2 aliphatic carbocycles. The van der Waals surface area contributed by atoms with E-state index in [0.29, 0.717) is 44.1 Å². The molecule has 1 saturated carbocycles. The molecule has 4 atom stereocenters. The van der Waals surface area contributed by atoms with Gasteiger partial charge in [-0.05, 0) is 25.2 Å². The number of halogens is 6. The lowest BCUT2D eigenvalue weighted by Gasteiger charge is -2.41. The summed E-state index contributed by atoms with van der Waals surface area (Å²) in [5.74, 6) is -3.83. The first-order valence-electron chi connectivity index (χ1n) is 10.1. The minimum absolute atomic E-state index is 0.0627. The zero-order valence-electron chi connectivity index (χ0n) is 16.5. The van der Waals surface area contributed by atoms with Crippen LogP contribution >= 0.6 is 0 Å². The molecule has 0 radical (unpaired) electrons. The number of alkyl halides is 3. The molecule has 0 aromatic carbocycles. The number of hydrogen-bond donors (Lipinski definition) is 1. The van der Waals surface area contributed by atoms with E-state index in [0.717, 1.165) is 5.56 Å². The fraction of sp³-hybridized carbons (Fsp3) is 0.600. The number of hydrogen-bond acceptors (Lipinski definition) is 5. The van der Waals surface area contributed by atoms with Gasteiger partial charge in [0.1, 0.15) is 11.7 Å². The first-order valence-corrected chi connectivity index (χ1v) is 10.1. The zero-order chi connectivity index (χ0) is 22.3. The molecule has 11 heteroatoms. The highest BCUT2D eigenvalue weighted by atomic mass is 19.4. The number of nitrogens with two attached hydrogens (primary N) is 1. The molecule has 0 bridgehead atoms. The summed E-state index contributed by atoms with van der Waals surface area (Å²) >= 11 is 0. The van der Waals surface area contributed by atoms with Gasteiger partial charge in [-0.15, -0.1) is 0 Å². The Hall–Kier alpha value is -2.14. The number of fused-ring (bicyclic) bond motifs is 1. The Morgan fingerprint density at radius 3 is 2.65 bits per heavy atom. The number of allylic oxidation sites excluding steroid dienone is 4. The summed E-state index contributed by atoms with van der Waals surface area (Å²) in [6, 6.07) is -0.648. The molecule has 1 aliphatic heterocycles. The van der Waals surface area contributed by atoms with E-state index < -0.39 is 42.2 Å². The Balaban J connectivity index is 1.36. The molecule has 31 heavy (non-hydrogen) atoms. The van der Waals surface area contributed by atoms with E-state index in [4.69, 9.17) is 5.73 Å². The van der Waals surface area contributed by atoms with Crippen molar-refractivity contribution in [2.75, 3.05) is 6.61 Å². The lowest BCUT2D eigenvalue weighted by atomic mass is 9.72. The van der Waals surface area contributed by atoms with E-state index in [1.165, 1.54) is 6.20 Å². The second kappa shape index (κ2) is 8.42. The average Bonchev–Trinajstić information content (AvgIpc) is 3.12. The molecule has 170 valence electrons. The molecule has 0 spiro atoms. The van der Waals surface area contributed by atoms with Gasteiger partial charge in [0.15, 0.2) is 12.4 Å². The maximum Gasteiger partial charge on any atom is 0.422 e. The maximum atomic E-state index is 14.2. The number of rotatable bonds is 4. The van der Waals surface area contributed by atoms with Gasteiger partial charge < -0.3 is 10.5 Å². The quantitative estimate of drug-likeness (QED) is 0.698. The van der Waals surface area contributed by atoms with Crippen LogP contribution in [0.2, 0.25) is 0 Å². The Bertz CT molecular complexity index is 902. The maximum absolute atomic E-state index is 14.2. The van der Waals surface area contributed by atoms with E-state index >= 15 is 0 Å². The first-order chi connectivity index (χ1) is 14.6. The van der Waals surface area contributed by atoms with Crippen LogP contribution in [-0.2, 0) is 13.1 Å². The lowest BCUT2D eigenvalue weighted by Crippen LogP contribution is -2.47. The van der Waals surface area contributed by atoms with Crippen molar-refractivity contribution in [3.8, 4) is 6.01 Å². The summed E-state index contributed by atoms with van der Waals surface area (Å²) in [5, 5.41) is 0. The van der Waals surface area contributed by atoms with Crippen LogP contribution in [-0.4, -0.2) is 39.7 Å². The van der Waals surface area contributed by atoms with E-state index in [2.05, 4.69) is 19.6 Å². The summed E-state index contributed by atoms with van der Waals surface area (Å²) in [5.41, 5.74) is 7.72. The second-order valence-electron chi connectivity index (χ2n) is 8.32. The Morgan fingerprint density at radius 1 is 1.16 bits per heavy atom. The Labute approximate surface area is 175 Å². The van der Waals surface area contributed by atoms with Crippen LogP contribution in [0.5, 0.6) is 6.01 Å². The molecule has 3 unspecified atom stereocenters. The normalized spacial score (nSPS) is 29.7. The third-order valence-electron chi connectivity index (χ3n) is 6.26. The van der Waals surface area contributed by atoms with Crippen molar-refractivity contribution in [1.29, 1.82) is 0 Å². The molecule has 5 nitrogen and oxygen atoms in total. The minimum Gasteiger partial charge on any atom is -0.454 e. The molecule has 0 amide bonds. The van der Waals surface area contributed by atoms with Crippen LogP contribution in [0.25, 0.3) is 0 Å². The predicted octanol–water partition coefficient (Wildman–Crippen LogP) is 4.25. The molecule has 2 N–H and O–H groups in total. The van der Waals surface area contributed by atoms with Gasteiger partial charge in [-0.2, -0.15) is 18.2 Å². The van der Waals surface area contributed by atoms with Crippen molar-refractivity contribution in [3.63, 3.8) is 0 Å². The number of ether oxygens (including phenoxy) is 1. The Morgan fingerprint density at radius 2 is 1.94 bits per heavy atom. The summed E-state index contributed by atoms with van der Waals surface area (Å²) in [4.78, 5) is 10.0. The first kappa shape index (κ1) is 22.1. The van der Waals surface area contributed by atoms with Gasteiger partial charge in [-0.3, -0.25) is 4.90 Å². The topological polar surface area (TPSA) is 64.3 Å².